The normalized spacial score (nSPS) is 15.9. The van der Waals surface area contributed by atoms with Crippen molar-refractivity contribution >= 4 is 18.7 Å². The molecule has 0 saturated carbocycles. The summed E-state index contributed by atoms with van der Waals surface area (Å²) in [6.07, 6.45) is 0.858. The monoisotopic (exact) mass is 341 g/mol. The molecule has 0 spiro atoms. The van der Waals surface area contributed by atoms with Crippen LogP contribution in [0.2, 0.25) is 0 Å². The minimum absolute atomic E-state index is 0.262. The Morgan fingerprint density at radius 2 is 2.20 bits per heavy atom. The summed E-state index contributed by atoms with van der Waals surface area (Å²) in [6, 6.07) is 12.6. The van der Waals surface area contributed by atoms with Gasteiger partial charge in [0.2, 0.25) is 12.0 Å². The van der Waals surface area contributed by atoms with Gasteiger partial charge in [-0.05, 0) is 18.2 Å². The first-order valence-electron chi connectivity index (χ1n) is 7.67. The molecule has 2 heterocycles. The number of ether oxygens (including phenoxy) is 1. The van der Waals surface area contributed by atoms with Gasteiger partial charge in [-0.2, -0.15) is 0 Å². The van der Waals surface area contributed by atoms with Crippen molar-refractivity contribution in [1.82, 2.24) is 10.3 Å². The lowest BCUT2D eigenvalue weighted by Gasteiger charge is -2.09. The summed E-state index contributed by atoms with van der Waals surface area (Å²) in [7, 11) is -1.61. The molecule has 1 aromatic heterocycles. The maximum absolute atomic E-state index is 11.9. The van der Waals surface area contributed by atoms with Crippen molar-refractivity contribution in [2.24, 2.45) is 5.16 Å². The number of rotatable bonds is 6. The molecule has 8 nitrogen and oxygen atoms in total. The van der Waals surface area contributed by atoms with Gasteiger partial charge >= 0.3 is 7.12 Å². The van der Waals surface area contributed by atoms with E-state index >= 15 is 0 Å². The Bertz CT molecular complexity index is 769. The van der Waals surface area contributed by atoms with E-state index in [0.717, 1.165) is 5.56 Å². The molecule has 1 atom stereocenters. The van der Waals surface area contributed by atoms with Crippen LogP contribution in [0.15, 0.2) is 53.8 Å². The molecular formula is C16H16BN3O5. The van der Waals surface area contributed by atoms with Gasteiger partial charge in [-0.1, -0.05) is 23.4 Å². The summed E-state index contributed by atoms with van der Waals surface area (Å²) < 4.78 is 5.68. The Morgan fingerprint density at radius 3 is 2.96 bits per heavy atom. The summed E-state index contributed by atoms with van der Waals surface area (Å²) in [5.41, 5.74) is 1.38. The number of carbonyl (C=O) groups is 1. The van der Waals surface area contributed by atoms with Crippen molar-refractivity contribution in [3.63, 3.8) is 0 Å². The Kier molecular flexibility index (Phi) is 5.27. The summed E-state index contributed by atoms with van der Waals surface area (Å²) in [6.45, 7) is 0. The first-order valence-corrected chi connectivity index (χ1v) is 7.67. The van der Waals surface area contributed by atoms with Gasteiger partial charge in [0, 0.05) is 24.2 Å². The van der Waals surface area contributed by atoms with Crippen molar-refractivity contribution in [1.29, 1.82) is 0 Å². The van der Waals surface area contributed by atoms with E-state index in [1.807, 2.05) is 18.2 Å². The largest absolute Gasteiger partial charge is 0.472 e. The number of benzene rings is 1. The fourth-order valence-corrected chi connectivity index (χ4v) is 2.26. The Balaban J connectivity index is 1.63. The minimum atomic E-state index is -1.61. The van der Waals surface area contributed by atoms with Crippen molar-refractivity contribution in [3.05, 3.63) is 54.2 Å². The van der Waals surface area contributed by atoms with E-state index < -0.39 is 19.1 Å². The summed E-state index contributed by atoms with van der Waals surface area (Å²) in [5, 5.41) is 23.9. The molecule has 1 aliphatic heterocycles. The lowest BCUT2D eigenvalue weighted by atomic mass is 9.92. The average molecular weight is 341 g/mol. The zero-order valence-electron chi connectivity index (χ0n) is 13.2. The second-order valence-electron chi connectivity index (χ2n) is 5.36. The maximum Gasteiger partial charge on any atom is 0.472 e. The highest BCUT2D eigenvalue weighted by atomic mass is 16.6. The van der Waals surface area contributed by atoms with Gasteiger partial charge in [0.1, 0.15) is 5.75 Å². The molecule has 1 unspecified atom stereocenters. The van der Waals surface area contributed by atoms with Gasteiger partial charge in [-0.25, -0.2) is 4.98 Å². The topological polar surface area (TPSA) is 113 Å². The Labute approximate surface area is 144 Å². The molecule has 0 fully saturated rings. The van der Waals surface area contributed by atoms with E-state index in [-0.39, 0.29) is 12.9 Å². The van der Waals surface area contributed by atoms with Crippen molar-refractivity contribution in [2.75, 3.05) is 6.44 Å². The lowest BCUT2D eigenvalue weighted by molar-refractivity contribution is -0.130. The van der Waals surface area contributed by atoms with Crippen LogP contribution >= 0.6 is 0 Å². The number of amides is 1. The summed E-state index contributed by atoms with van der Waals surface area (Å²) in [4.78, 5) is 21.1. The smallest absolute Gasteiger partial charge is 0.439 e. The third kappa shape index (κ3) is 4.55. The van der Waals surface area contributed by atoms with Gasteiger partial charge in [-0.15, -0.1) is 0 Å². The van der Waals surface area contributed by atoms with Gasteiger partial charge in [0.05, 0.1) is 12.2 Å². The van der Waals surface area contributed by atoms with Gasteiger partial charge in [0.15, 0.2) is 0 Å². The van der Waals surface area contributed by atoms with Crippen molar-refractivity contribution < 1.29 is 24.4 Å². The van der Waals surface area contributed by atoms with Crippen molar-refractivity contribution in [3.8, 4) is 11.6 Å². The van der Waals surface area contributed by atoms with E-state index in [1.165, 1.54) is 0 Å². The lowest BCUT2D eigenvalue weighted by Crippen LogP contribution is -2.41. The number of aromatic nitrogens is 1. The minimum Gasteiger partial charge on any atom is -0.439 e. The quantitative estimate of drug-likeness (QED) is 0.659. The number of nitrogens with zero attached hydrogens (tertiary/aromatic N) is 2. The highest BCUT2D eigenvalue weighted by molar-refractivity contribution is 6.41. The zero-order valence-corrected chi connectivity index (χ0v) is 13.2. The first kappa shape index (κ1) is 16.9. The molecular weight excluding hydrogens is 325 g/mol. The molecule has 1 aliphatic rings. The molecule has 0 aliphatic carbocycles. The third-order valence-electron chi connectivity index (χ3n) is 3.45. The standard InChI is InChI=1S/C16H16BN3O5/c21-16(19-10-17(22)23)14-9-13(20-25-14)11-4-3-5-12(8-11)24-15-6-1-2-7-18-15/h1-8,14,22-23H,9-10H2,(H,19,21). The second kappa shape index (κ2) is 7.78. The van der Waals surface area contributed by atoms with Gasteiger partial charge in [-0.3, -0.25) is 4.79 Å². The van der Waals surface area contributed by atoms with Crippen LogP contribution in [-0.2, 0) is 9.63 Å². The first-order chi connectivity index (χ1) is 12.1. The van der Waals surface area contributed by atoms with E-state index in [1.54, 1.807) is 30.5 Å². The molecule has 9 heteroatoms. The van der Waals surface area contributed by atoms with Crippen LogP contribution in [0.25, 0.3) is 0 Å². The Hall–Kier alpha value is -2.91. The molecule has 1 aromatic carbocycles. The molecule has 0 bridgehead atoms. The number of hydrogen-bond donors (Lipinski definition) is 3. The van der Waals surface area contributed by atoms with Crippen LogP contribution in [0.1, 0.15) is 12.0 Å². The van der Waals surface area contributed by atoms with Crippen LogP contribution in [0.5, 0.6) is 11.6 Å². The van der Waals surface area contributed by atoms with Crippen LogP contribution in [0.3, 0.4) is 0 Å². The molecule has 1 amide bonds. The predicted octanol–water partition coefficient (Wildman–Crippen LogP) is 0.495. The number of carbonyl (C=O) groups excluding carboxylic acids is 1. The summed E-state index contributed by atoms with van der Waals surface area (Å²) in [5.74, 6) is 0.618. The SMILES string of the molecule is O=C(NCB(O)O)C1CC(c2cccc(Oc3ccccn3)c2)=NO1. The number of hydrogen-bond acceptors (Lipinski definition) is 7. The maximum atomic E-state index is 11.9. The van der Waals surface area contributed by atoms with E-state index in [2.05, 4.69) is 15.5 Å². The molecule has 25 heavy (non-hydrogen) atoms. The number of oxime groups is 1. The van der Waals surface area contributed by atoms with Gasteiger partial charge < -0.3 is 24.9 Å². The molecule has 2 aromatic rings. The highest BCUT2D eigenvalue weighted by Crippen LogP contribution is 2.23. The molecule has 0 saturated heterocycles. The van der Waals surface area contributed by atoms with Crippen LogP contribution in [-0.4, -0.2) is 46.3 Å². The number of pyridine rings is 1. The highest BCUT2D eigenvalue weighted by Gasteiger charge is 2.29. The Morgan fingerprint density at radius 1 is 1.32 bits per heavy atom. The van der Waals surface area contributed by atoms with E-state index in [4.69, 9.17) is 19.6 Å². The zero-order chi connectivity index (χ0) is 17.6. The fourth-order valence-electron chi connectivity index (χ4n) is 2.26. The number of nitrogens with one attached hydrogen (secondary N) is 1. The average Bonchev–Trinajstić information content (AvgIpc) is 3.11. The predicted molar refractivity (Wildman–Crippen MR) is 90.0 cm³/mol. The molecule has 0 radical (unpaired) electrons. The van der Waals surface area contributed by atoms with Crippen LogP contribution in [0.4, 0.5) is 0 Å². The molecule has 128 valence electrons. The molecule has 3 rings (SSSR count). The van der Waals surface area contributed by atoms with E-state index in [0.29, 0.717) is 17.3 Å². The van der Waals surface area contributed by atoms with Crippen LogP contribution < -0.4 is 10.1 Å². The van der Waals surface area contributed by atoms with E-state index in [9.17, 15) is 4.79 Å². The third-order valence-corrected chi connectivity index (χ3v) is 3.45. The molecule has 3 N–H and O–H groups in total. The summed E-state index contributed by atoms with van der Waals surface area (Å²) >= 11 is 0. The van der Waals surface area contributed by atoms with Gasteiger partial charge in [0.25, 0.3) is 5.91 Å². The second-order valence-corrected chi connectivity index (χ2v) is 5.36. The fraction of sp³-hybridized carbons (Fsp3) is 0.188. The van der Waals surface area contributed by atoms with Crippen LogP contribution in [0, 0.1) is 0 Å². The van der Waals surface area contributed by atoms with Crippen molar-refractivity contribution in [2.45, 2.75) is 12.5 Å².